The third-order valence-electron chi connectivity index (χ3n) is 4.33. The molecule has 2 aromatic carbocycles. The third-order valence-corrected chi connectivity index (χ3v) is 4.33. The molecular weight excluding hydrogens is 334 g/mol. The van der Waals surface area contributed by atoms with Crippen molar-refractivity contribution in [2.75, 3.05) is 23.3 Å². The van der Waals surface area contributed by atoms with Crippen molar-refractivity contribution in [1.29, 1.82) is 5.26 Å². The largest absolute Gasteiger partial charge is 0.357 e. The highest BCUT2D eigenvalue weighted by Gasteiger charge is 2.10. The first-order valence-electron chi connectivity index (χ1n) is 9.15. The van der Waals surface area contributed by atoms with E-state index >= 15 is 0 Å². The maximum absolute atomic E-state index is 9.10. The predicted octanol–water partition coefficient (Wildman–Crippen LogP) is 4.53. The fourth-order valence-electron chi connectivity index (χ4n) is 2.94. The summed E-state index contributed by atoms with van der Waals surface area (Å²) in [4.78, 5) is 11.6. The van der Waals surface area contributed by atoms with Gasteiger partial charge in [0, 0.05) is 31.3 Å². The molecular formula is C22H23N5. The predicted molar refractivity (Wildman–Crippen MR) is 109 cm³/mol. The molecule has 27 heavy (non-hydrogen) atoms. The smallest absolute Gasteiger partial charge is 0.229 e. The van der Waals surface area contributed by atoms with Gasteiger partial charge in [0.15, 0.2) is 0 Å². The van der Waals surface area contributed by atoms with E-state index in [1.54, 1.807) is 12.1 Å². The van der Waals surface area contributed by atoms with Crippen LogP contribution in [-0.4, -0.2) is 23.1 Å². The fourth-order valence-corrected chi connectivity index (χ4v) is 2.94. The van der Waals surface area contributed by atoms with Crippen LogP contribution in [0.25, 0.3) is 0 Å². The summed E-state index contributed by atoms with van der Waals surface area (Å²) >= 11 is 0. The molecule has 5 nitrogen and oxygen atoms in total. The van der Waals surface area contributed by atoms with E-state index < -0.39 is 0 Å². The lowest BCUT2D eigenvalue weighted by Crippen LogP contribution is -2.23. The second kappa shape index (κ2) is 8.81. The summed E-state index contributed by atoms with van der Waals surface area (Å²) in [5.74, 6) is 1.44. The number of nitriles is 1. The molecule has 0 radical (unpaired) electrons. The van der Waals surface area contributed by atoms with Gasteiger partial charge in [-0.15, -0.1) is 0 Å². The molecule has 0 spiro atoms. The van der Waals surface area contributed by atoms with E-state index in [1.807, 2.05) is 30.3 Å². The molecule has 1 aromatic heterocycles. The van der Waals surface area contributed by atoms with E-state index in [-0.39, 0.29) is 0 Å². The molecule has 0 atom stereocenters. The number of aromatic nitrogens is 2. The van der Waals surface area contributed by atoms with Crippen LogP contribution in [0.5, 0.6) is 0 Å². The van der Waals surface area contributed by atoms with Gasteiger partial charge in [0.2, 0.25) is 5.95 Å². The second-order valence-electron chi connectivity index (χ2n) is 6.19. The molecule has 0 saturated carbocycles. The van der Waals surface area contributed by atoms with Crippen LogP contribution in [0.15, 0.2) is 60.7 Å². The zero-order chi connectivity index (χ0) is 19.1. The van der Waals surface area contributed by atoms with Crippen LogP contribution in [0.4, 0.5) is 17.5 Å². The highest BCUT2D eigenvalue weighted by Crippen LogP contribution is 2.21. The first-order valence-corrected chi connectivity index (χ1v) is 9.15. The molecule has 136 valence electrons. The number of anilines is 3. The first-order chi connectivity index (χ1) is 13.2. The Kier molecular flexibility index (Phi) is 6.01. The SMILES string of the molecule is CCN(CC)c1cc(Cc2ccccc2)nc(Nc2cccc(C#N)c2)n1. The minimum atomic E-state index is 0.542. The molecule has 1 N–H and O–H groups in total. The summed E-state index contributed by atoms with van der Waals surface area (Å²) in [6.45, 7) is 5.99. The lowest BCUT2D eigenvalue weighted by atomic mass is 10.1. The topological polar surface area (TPSA) is 64.8 Å². The molecule has 0 aliphatic carbocycles. The van der Waals surface area contributed by atoms with Crippen molar-refractivity contribution in [2.45, 2.75) is 20.3 Å². The summed E-state index contributed by atoms with van der Waals surface area (Å²) < 4.78 is 0. The van der Waals surface area contributed by atoms with E-state index in [1.165, 1.54) is 5.56 Å². The standard InChI is InChI=1S/C22H23N5/c1-3-27(4-2)21-15-20(13-17-9-6-5-7-10-17)25-22(26-21)24-19-12-8-11-18(14-19)16-23/h5-12,14-15H,3-4,13H2,1-2H3,(H,24,25,26). The lowest BCUT2D eigenvalue weighted by molar-refractivity contribution is 0.838. The second-order valence-corrected chi connectivity index (χ2v) is 6.19. The monoisotopic (exact) mass is 357 g/mol. The minimum Gasteiger partial charge on any atom is -0.357 e. The number of nitrogens with one attached hydrogen (secondary N) is 1. The quantitative estimate of drug-likeness (QED) is 0.673. The molecule has 0 bridgehead atoms. The summed E-state index contributed by atoms with van der Waals surface area (Å²) in [7, 11) is 0. The van der Waals surface area contributed by atoms with Crippen molar-refractivity contribution in [1.82, 2.24) is 9.97 Å². The molecule has 0 unspecified atom stereocenters. The van der Waals surface area contributed by atoms with E-state index in [4.69, 9.17) is 10.2 Å². The maximum Gasteiger partial charge on any atom is 0.229 e. The molecule has 1 heterocycles. The summed E-state index contributed by atoms with van der Waals surface area (Å²) in [6.07, 6.45) is 0.741. The van der Waals surface area contributed by atoms with Crippen molar-refractivity contribution >= 4 is 17.5 Å². The Labute approximate surface area is 160 Å². The molecule has 3 aromatic rings. The Bertz CT molecular complexity index is 927. The van der Waals surface area contributed by atoms with Crippen molar-refractivity contribution in [3.8, 4) is 6.07 Å². The van der Waals surface area contributed by atoms with E-state index in [0.29, 0.717) is 11.5 Å². The molecule has 0 saturated heterocycles. The number of nitrogens with zero attached hydrogens (tertiary/aromatic N) is 4. The number of hydrogen-bond donors (Lipinski definition) is 1. The van der Waals surface area contributed by atoms with Crippen LogP contribution >= 0.6 is 0 Å². The van der Waals surface area contributed by atoms with E-state index in [9.17, 15) is 0 Å². The van der Waals surface area contributed by atoms with Crippen molar-refractivity contribution in [3.05, 3.63) is 77.5 Å². The number of benzene rings is 2. The molecule has 0 fully saturated rings. The third kappa shape index (κ3) is 4.83. The van der Waals surface area contributed by atoms with Gasteiger partial charge >= 0.3 is 0 Å². The number of rotatable bonds is 7. The van der Waals surface area contributed by atoms with Gasteiger partial charge in [-0.1, -0.05) is 36.4 Å². The Morgan fingerprint density at radius 2 is 1.74 bits per heavy atom. The molecule has 0 aliphatic heterocycles. The van der Waals surface area contributed by atoms with Crippen LogP contribution in [-0.2, 0) is 6.42 Å². The highest BCUT2D eigenvalue weighted by molar-refractivity contribution is 5.58. The van der Waals surface area contributed by atoms with Crippen molar-refractivity contribution < 1.29 is 0 Å². The Morgan fingerprint density at radius 1 is 0.963 bits per heavy atom. The Morgan fingerprint density at radius 3 is 2.44 bits per heavy atom. The van der Waals surface area contributed by atoms with Gasteiger partial charge in [-0.3, -0.25) is 0 Å². The maximum atomic E-state index is 9.10. The lowest BCUT2D eigenvalue weighted by Gasteiger charge is -2.21. The zero-order valence-corrected chi connectivity index (χ0v) is 15.7. The molecule has 3 rings (SSSR count). The van der Waals surface area contributed by atoms with Gasteiger partial charge in [0.25, 0.3) is 0 Å². The van der Waals surface area contributed by atoms with Crippen LogP contribution in [0.1, 0.15) is 30.7 Å². The Balaban J connectivity index is 1.94. The van der Waals surface area contributed by atoms with Gasteiger partial charge in [0.05, 0.1) is 17.3 Å². The summed E-state index contributed by atoms with van der Waals surface area (Å²) in [6, 6.07) is 21.8. The summed E-state index contributed by atoms with van der Waals surface area (Å²) in [5, 5.41) is 12.3. The van der Waals surface area contributed by atoms with Crippen molar-refractivity contribution in [3.63, 3.8) is 0 Å². The van der Waals surface area contributed by atoms with E-state index in [0.717, 1.165) is 36.7 Å². The zero-order valence-electron chi connectivity index (χ0n) is 15.7. The fraction of sp³-hybridized carbons (Fsp3) is 0.227. The average Bonchev–Trinajstić information content (AvgIpc) is 2.70. The van der Waals surface area contributed by atoms with Gasteiger partial charge in [-0.25, -0.2) is 4.98 Å². The minimum absolute atomic E-state index is 0.542. The first kappa shape index (κ1) is 18.4. The molecule has 0 amide bonds. The molecule has 5 heteroatoms. The van der Waals surface area contributed by atoms with Crippen molar-refractivity contribution in [2.24, 2.45) is 0 Å². The van der Waals surface area contributed by atoms with Crippen LogP contribution in [0.3, 0.4) is 0 Å². The van der Waals surface area contributed by atoms with E-state index in [2.05, 4.69) is 53.3 Å². The summed E-state index contributed by atoms with van der Waals surface area (Å²) in [5.41, 5.74) is 3.57. The van der Waals surface area contributed by atoms with Crippen LogP contribution in [0.2, 0.25) is 0 Å². The molecule has 0 aliphatic rings. The van der Waals surface area contributed by atoms with Gasteiger partial charge in [-0.2, -0.15) is 10.2 Å². The average molecular weight is 357 g/mol. The van der Waals surface area contributed by atoms with Crippen LogP contribution in [0, 0.1) is 11.3 Å². The van der Waals surface area contributed by atoms with Gasteiger partial charge in [0.1, 0.15) is 5.82 Å². The Hall–Kier alpha value is -3.39. The van der Waals surface area contributed by atoms with Gasteiger partial charge in [-0.05, 0) is 37.6 Å². The number of hydrogen-bond acceptors (Lipinski definition) is 5. The highest BCUT2D eigenvalue weighted by atomic mass is 15.2. The van der Waals surface area contributed by atoms with Gasteiger partial charge < -0.3 is 10.2 Å². The van der Waals surface area contributed by atoms with Crippen LogP contribution < -0.4 is 10.2 Å². The normalized spacial score (nSPS) is 10.3.